The molecule has 0 unspecified atom stereocenters. The summed E-state index contributed by atoms with van der Waals surface area (Å²) < 4.78 is 10.7. The number of esters is 1. The molecule has 0 aliphatic rings. The van der Waals surface area contributed by atoms with Gasteiger partial charge in [0.2, 0.25) is 0 Å². The summed E-state index contributed by atoms with van der Waals surface area (Å²) >= 11 is 0. The maximum absolute atomic E-state index is 11.8. The van der Waals surface area contributed by atoms with Crippen molar-refractivity contribution in [2.24, 2.45) is 0 Å². The van der Waals surface area contributed by atoms with Crippen molar-refractivity contribution in [3.8, 4) is 0 Å². The average Bonchev–Trinajstić information content (AvgIpc) is 2.53. The van der Waals surface area contributed by atoms with Crippen LogP contribution in [0, 0.1) is 6.92 Å². The summed E-state index contributed by atoms with van der Waals surface area (Å²) in [7, 11) is 0. The summed E-state index contributed by atoms with van der Waals surface area (Å²) in [6, 6.07) is 7.46. The molecule has 0 amide bonds. The molecule has 1 aromatic carbocycles. The highest BCUT2D eigenvalue weighted by atomic mass is 16.6. The molecular formula is C19H30O3. The van der Waals surface area contributed by atoms with Gasteiger partial charge >= 0.3 is 5.97 Å². The third kappa shape index (κ3) is 8.18. The predicted octanol–water partition coefficient (Wildman–Crippen LogP) is 4.92. The Bertz CT molecular complexity index is 415. The van der Waals surface area contributed by atoms with Crippen LogP contribution in [0.15, 0.2) is 24.3 Å². The van der Waals surface area contributed by atoms with Crippen LogP contribution in [0.2, 0.25) is 0 Å². The monoisotopic (exact) mass is 306 g/mol. The number of benzene rings is 1. The number of carbonyl (C=O) groups excluding carboxylic acids is 1. The summed E-state index contributed by atoms with van der Waals surface area (Å²) in [5.41, 5.74) is 1.58. The van der Waals surface area contributed by atoms with E-state index in [0.29, 0.717) is 18.8 Å². The minimum Gasteiger partial charge on any atom is -0.460 e. The number of carbonyl (C=O) groups is 1. The van der Waals surface area contributed by atoms with E-state index in [4.69, 9.17) is 9.47 Å². The standard InChI is InChI=1S/C19H30O3/c1-3-4-5-6-7-8-11-14-21-15-16-22-19(20)18-13-10-9-12-17(18)2/h9-10,12-13H,3-8,11,14-16H2,1-2H3. The van der Waals surface area contributed by atoms with Gasteiger partial charge in [-0.15, -0.1) is 0 Å². The van der Waals surface area contributed by atoms with E-state index in [1.807, 2.05) is 25.1 Å². The lowest BCUT2D eigenvalue weighted by molar-refractivity contribution is 0.0311. The number of hydrogen-bond donors (Lipinski definition) is 0. The molecule has 0 saturated carbocycles. The van der Waals surface area contributed by atoms with Crippen LogP contribution in [0.5, 0.6) is 0 Å². The summed E-state index contributed by atoms with van der Waals surface area (Å²) in [6.45, 7) is 5.71. The van der Waals surface area contributed by atoms with Gasteiger partial charge in [0, 0.05) is 6.61 Å². The van der Waals surface area contributed by atoms with E-state index >= 15 is 0 Å². The second-order valence-electron chi connectivity index (χ2n) is 5.68. The molecule has 0 saturated heterocycles. The van der Waals surface area contributed by atoms with Crippen LogP contribution in [0.1, 0.15) is 67.8 Å². The first-order valence-corrected chi connectivity index (χ1v) is 8.56. The van der Waals surface area contributed by atoms with Gasteiger partial charge < -0.3 is 9.47 Å². The van der Waals surface area contributed by atoms with Gasteiger partial charge in [0.15, 0.2) is 0 Å². The molecule has 3 nitrogen and oxygen atoms in total. The second-order valence-corrected chi connectivity index (χ2v) is 5.68. The molecule has 0 heterocycles. The first-order valence-electron chi connectivity index (χ1n) is 8.56. The number of unbranched alkanes of at least 4 members (excludes halogenated alkanes) is 6. The first kappa shape index (κ1) is 18.7. The van der Waals surface area contributed by atoms with Gasteiger partial charge in [-0.25, -0.2) is 4.79 Å². The molecule has 0 N–H and O–H groups in total. The van der Waals surface area contributed by atoms with Gasteiger partial charge in [-0.3, -0.25) is 0 Å². The summed E-state index contributed by atoms with van der Waals surface area (Å²) in [6.07, 6.45) is 8.96. The highest BCUT2D eigenvalue weighted by molar-refractivity contribution is 5.90. The summed E-state index contributed by atoms with van der Waals surface area (Å²) in [4.78, 5) is 11.8. The fraction of sp³-hybridized carbons (Fsp3) is 0.632. The molecule has 3 heteroatoms. The Balaban J connectivity index is 1.95. The zero-order valence-electron chi connectivity index (χ0n) is 14.1. The Hall–Kier alpha value is -1.35. The van der Waals surface area contributed by atoms with Crippen LogP contribution >= 0.6 is 0 Å². The Kier molecular flexibility index (Phi) is 10.4. The lowest BCUT2D eigenvalue weighted by atomic mass is 10.1. The van der Waals surface area contributed by atoms with Crippen LogP contribution in [0.25, 0.3) is 0 Å². The molecule has 0 aromatic heterocycles. The van der Waals surface area contributed by atoms with Gasteiger partial charge in [0.05, 0.1) is 12.2 Å². The molecule has 1 aromatic rings. The molecule has 0 fully saturated rings. The van der Waals surface area contributed by atoms with Gasteiger partial charge in [-0.05, 0) is 25.0 Å². The zero-order chi connectivity index (χ0) is 16.0. The predicted molar refractivity (Wildman–Crippen MR) is 90.3 cm³/mol. The zero-order valence-corrected chi connectivity index (χ0v) is 14.1. The van der Waals surface area contributed by atoms with Crippen molar-refractivity contribution < 1.29 is 14.3 Å². The number of ether oxygens (including phenoxy) is 2. The maximum Gasteiger partial charge on any atom is 0.338 e. The summed E-state index contributed by atoms with van der Waals surface area (Å²) in [5.74, 6) is -0.266. The third-order valence-electron chi connectivity index (χ3n) is 3.72. The van der Waals surface area contributed by atoms with Crippen LogP contribution in [0.3, 0.4) is 0 Å². The Morgan fingerprint density at radius 2 is 1.59 bits per heavy atom. The Morgan fingerprint density at radius 3 is 2.32 bits per heavy atom. The van der Waals surface area contributed by atoms with Crippen LogP contribution in [-0.4, -0.2) is 25.8 Å². The molecular weight excluding hydrogens is 276 g/mol. The Labute approximate surface area is 135 Å². The lowest BCUT2D eigenvalue weighted by Gasteiger charge is -2.07. The molecule has 22 heavy (non-hydrogen) atoms. The second kappa shape index (κ2) is 12.2. The first-order chi connectivity index (χ1) is 10.8. The van der Waals surface area contributed by atoms with Crippen LogP contribution in [0.4, 0.5) is 0 Å². The van der Waals surface area contributed by atoms with E-state index in [9.17, 15) is 4.79 Å². The lowest BCUT2D eigenvalue weighted by Crippen LogP contribution is -2.12. The van der Waals surface area contributed by atoms with E-state index < -0.39 is 0 Å². The number of hydrogen-bond acceptors (Lipinski definition) is 3. The van der Waals surface area contributed by atoms with Crippen LogP contribution < -0.4 is 0 Å². The summed E-state index contributed by atoms with van der Waals surface area (Å²) in [5, 5.41) is 0. The average molecular weight is 306 g/mol. The fourth-order valence-electron chi connectivity index (χ4n) is 2.34. The van der Waals surface area contributed by atoms with E-state index in [0.717, 1.165) is 18.6 Å². The van der Waals surface area contributed by atoms with E-state index in [2.05, 4.69) is 6.92 Å². The maximum atomic E-state index is 11.8. The van der Waals surface area contributed by atoms with Crippen LogP contribution in [-0.2, 0) is 9.47 Å². The SMILES string of the molecule is CCCCCCCCCOCCOC(=O)c1ccccc1C. The molecule has 0 atom stereocenters. The molecule has 1 rings (SSSR count). The highest BCUT2D eigenvalue weighted by Gasteiger charge is 2.08. The topological polar surface area (TPSA) is 35.5 Å². The van der Waals surface area contributed by atoms with E-state index in [1.165, 1.54) is 38.5 Å². The normalized spacial score (nSPS) is 10.6. The molecule has 124 valence electrons. The smallest absolute Gasteiger partial charge is 0.338 e. The van der Waals surface area contributed by atoms with E-state index in [1.54, 1.807) is 6.07 Å². The molecule has 0 radical (unpaired) electrons. The third-order valence-corrected chi connectivity index (χ3v) is 3.72. The fourth-order valence-corrected chi connectivity index (χ4v) is 2.34. The molecule has 0 aliphatic carbocycles. The van der Waals surface area contributed by atoms with Gasteiger partial charge in [-0.1, -0.05) is 63.6 Å². The van der Waals surface area contributed by atoms with Crippen molar-refractivity contribution in [1.29, 1.82) is 0 Å². The molecule has 0 bridgehead atoms. The van der Waals surface area contributed by atoms with Gasteiger partial charge in [0.25, 0.3) is 0 Å². The van der Waals surface area contributed by atoms with Crippen molar-refractivity contribution in [2.45, 2.75) is 58.8 Å². The van der Waals surface area contributed by atoms with Crippen molar-refractivity contribution >= 4 is 5.97 Å². The molecule has 0 spiro atoms. The van der Waals surface area contributed by atoms with Gasteiger partial charge in [0.1, 0.15) is 6.61 Å². The minimum atomic E-state index is -0.266. The Morgan fingerprint density at radius 1 is 0.909 bits per heavy atom. The van der Waals surface area contributed by atoms with Crippen molar-refractivity contribution in [3.05, 3.63) is 35.4 Å². The minimum absolute atomic E-state index is 0.266. The number of aryl methyl sites for hydroxylation is 1. The quantitative estimate of drug-likeness (QED) is 0.406. The molecule has 0 aliphatic heterocycles. The van der Waals surface area contributed by atoms with Crippen molar-refractivity contribution in [3.63, 3.8) is 0 Å². The van der Waals surface area contributed by atoms with E-state index in [-0.39, 0.29) is 5.97 Å². The van der Waals surface area contributed by atoms with Crippen molar-refractivity contribution in [1.82, 2.24) is 0 Å². The van der Waals surface area contributed by atoms with Gasteiger partial charge in [-0.2, -0.15) is 0 Å². The van der Waals surface area contributed by atoms with Crippen molar-refractivity contribution in [2.75, 3.05) is 19.8 Å². The largest absolute Gasteiger partial charge is 0.460 e. The number of rotatable bonds is 12. The highest BCUT2D eigenvalue weighted by Crippen LogP contribution is 2.09.